The molecule has 0 fully saturated rings. The molecule has 0 radical (unpaired) electrons. The van der Waals surface area contributed by atoms with Crippen molar-refractivity contribution in [3.8, 4) is 33.4 Å². The van der Waals surface area contributed by atoms with Gasteiger partial charge in [-0.05, 0) is 122 Å². The quantitative estimate of drug-likeness (QED) is 0.162. The summed E-state index contributed by atoms with van der Waals surface area (Å²) in [5.74, 6) is 0. The Balaban J connectivity index is 1.27. The lowest BCUT2D eigenvalue weighted by atomic mass is 9.89. The summed E-state index contributed by atoms with van der Waals surface area (Å²) in [6.07, 6.45) is 0. The zero-order valence-electron chi connectivity index (χ0n) is 28.8. The Bertz CT molecular complexity index is 2590. The van der Waals surface area contributed by atoms with Gasteiger partial charge in [0.1, 0.15) is 0 Å². The van der Waals surface area contributed by atoms with Crippen LogP contribution in [0.3, 0.4) is 0 Å². The zero-order chi connectivity index (χ0) is 34.3. The topological polar surface area (TPSA) is 3.24 Å². The number of anilines is 3. The second-order valence-electron chi connectivity index (χ2n) is 13.5. The van der Waals surface area contributed by atoms with E-state index in [2.05, 4.69) is 207 Å². The molecule has 0 aliphatic carbocycles. The van der Waals surface area contributed by atoms with Crippen LogP contribution in [0.1, 0.15) is 11.1 Å². The van der Waals surface area contributed by atoms with Crippen molar-refractivity contribution in [3.05, 3.63) is 199 Å². The number of hydrogen-bond donors (Lipinski definition) is 0. The predicted molar refractivity (Wildman–Crippen MR) is 219 cm³/mol. The van der Waals surface area contributed by atoms with Crippen LogP contribution >= 0.6 is 0 Å². The first-order chi connectivity index (χ1) is 25.1. The maximum atomic E-state index is 2.40. The van der Waals surface area contributed by atoms with E-state index in [1.807, 2.05) is 0 Å². The Kier molecular flexibility index (Phi) is 7.67. The minimum absolute atomic E-state index is 1.12. The second-order valence-corrected chi connectivity index (χ2v) is 13.5. The number of benzene rings is 9. The Morgan fingerprint density at radius 3 is 1.27 bits per heavy atom. The third-order valence-corrected chi connectivity index (χ3v) is 10.2. The molecule has 9 aromatic carbocycles. The first-order valence-corrected chi connectivity index (χ1v) is 17.7. The fraction of sp³-hybridized carbons (Fsp3) is 0.0400. The summed E-state index contributed by atoms with van der Waals surface area (Å²) in [7, 11) is 0. The van der Waals surface area contributed by atoms with Gasteiger partial charge in [0, 0.05) is 17.1 Å². The van der Waals surface area contributed by atoms with Crippen molar-refractivity contribution in [1.29, 1.82) is 0 Å². The molecule has 0 spiro atoms. The molecule has 0 aromatic heterocycles. The summed E-state index contributed by atoms with van der Waals surface area (Å²) in [6.45, 7) is 4.28. The lowest BCUT2D eigenvalue weighted by Crippen LogP contribution is -2.10. The highest BCUT2D eigenvalue weighted by Crippen LogP contribution is 2.43. The standard InChI is InChI=1S/C50H37N/c1-34-16-25-40(26-17-34)51(41-27-18-35(2)19-28-41)42-29-31-43(49(33-42)38-22-20-37(21-23-38)36-10-4-3-5-11-36)39-24-30-48-46-14-7-6-12-44(46)45-13-8-9-15-47(45)50(48)32-39/h3-33H,1-2H3. The molecule has 242 valence electrons. The van der Waals surface area contributed by atoms with Gasteiger partial charge in [-0.2, -0.15) is 0 Å². The summed E-state index contributed by atoms with van der Waals surface area (Å²) >= 11 is 0. The van der Waals surface area contributed by atoms with E-state index in [1.54, 1.807) is 0 Å². The van der Waals surface area contributed by atoms with E-state index in [9.17, 15) is 0 Å². The van der Waals surface area contributed by atoms with Crippen molar-refractivity contribution in [2.45, 2.75) is 13.8 Å². The molecule has 0 aliphatic rings. The summed E-state index contributed by atoms with van der Waals surface area (Å²) in [4.78, 5) is 2.37. The highest BCUT2D eigenvalue weighted by atomic mass is 15.1. The highest BCUT2D eigenvalue weighted by molar-refractivity contribution is 6.25. The lowest BCUT2D eigenvalue weighted by Gasteiger charge is -2.27. The van der Waals surface area contributed by atoms with Gasteiger partial charge in [-0.15, -0.1) is 0 Å². The number of nitrogens with zero attached hydrogens (tertiary/aromatic N) is 1. The molecule has 0 bridgehead atoms. The first kappa shape index (κ1) is 30.6. The van der Waals surface area contributed by atoms with Gasteiger partial charge in [-0.3, -0.25) is 0 Å². The second kappa shape index (κ2) is 12.8. The van der Waals surface area contributed by atoms with E-state index in [0.717, 1.165) is 17.1 Å². The minimum atomic E-state index is 1.12. The molecular weight excluding hydrogens is 615 g/mol. The maximum Gasteiger partial charge on any atom is 0.0468 e. The monoisotopic (exact) mass is 651 g/mol. The van der Waals surface area contributed by atoms with Gasteiger partial charge < -0.3 is 4.90 Å². The number of fused-ring (bicyclic) bond motifs is 6. The van der Waals surface area contributed by atoms with Crippen LogP contribution in [0.25, 0.3) is 65.7 Å². The van der Waals surface area contributed by atoms with Crippen LogP contribution in [0.5, 0.6) is 0 Å². The SMILES string of the molecule is Cc1ccc(N(c2ccc(C)cc2)c2ccc(-c3ccc4c5ccccc5c5ccccc5c4c3)c(-c3ccc(-c4ccccc4)cc3)c2)cc1. The van der Waals surface area contributed by atoms with Crippen molar-refractivity contribution in [2.24, 2.45) is 0 Å². The Labute approximate surface area is 299 Å². The maximum absolute atomic E-state index is 2.40. The van der Waals surface area contributed by atoms with E-state index < -0.39 is 0 Å². The van der Waals surface area contributed by atoms with Crippen LogP contribution in [-0.4, -0.2) is 0 Å². The molecule has 0 saturated heterocycles. The molecule has 0 atom stereocenters. The van der Waals surface area contributed by atoms with Crippen LogP contribution in [-0.2, 0) is 0 Å². The normalized spacial score (nSPS) is 11.3. The molecule has 9 aromatic rings. The summed E-state index contributed by atoms with van der Waals surface area (Å²) in [5, 5.41) is 7.71. The van der Waals surface area contributed by atoms with Crippen LogP contribution < -0.4 is 4.90 Å². The third-order valence-electron chi connectivity index (χ3n) is 10.2. The van der Waals surface area contributed by atoms with Gasteiger partial charge >= 0.3 is 0 Å². The van der Waals surface area contributed by atoms with Crippen molar-refractivity contribution >= 4 is 49.4 Å². The van der Waals surface area contributed by atoms with Crippen molar-refractivity contribution in [1.82, 2.24) is 0 Å². The fourth-order valence-electron chi connectivity index (χ4n) is 7.54. The Hall–Kier alpha value is -6.44. The summed E-state index contributed by atoms with van der Waals surface area (Å²) in [6, 6.07) is 68.9. The predicted octanol–water partition coefficient (Wildman–Crippen LogP) is 14.2. The van der Waals surface area contributed by atoms with Crippen LogP contribution in [0.2, 0.25) is 0 Å². The number of rotatable bonds is 6. The van der Waals surface area contributed by atoms with E-state index in [0.29, 0.717) is 0 Å². The molecule has 1 heteroatoms. The molecule has 0 amide bonds. The van der Waals surface area contributed by atoms with Gasteiger partial charge in [0.25, 0.3) is 0 Å². The molecule has 0 saturated carbocycles. The molecule has 0 aliphatic heterocycles. The van der Waals surface area contributed by atoms with E-state index in [-0.39, 0.29) is 0 Å². The molecule has 0 N–H and O–H groups in total. The van der Waals surface area contributed by atoms with Crippen LogP contribution in [0, 0.1) is 13.8 Å². The molecule has 51 heavy (non-hydrogen) atoms. The molecular formula is C50H37N. The molecule has 1 nitrogen and oxygen atoms in total. The number of hydrogen-bond acceptors (Lipinski definition) is 1. The Morgan fingerprint density at radius 1 is 0.275 bits per heavy atom. The minimum Gasteiger partial charge on any atom is -0.310 e. The molecule has 9 rings (SSSR count). The Morgan fingerprint density at radius 2 is 0.706 bits per heavy atom. The first-order valence-electron chi connectivity index (χ1n) is 17.7. The van der Waals surface area contributed by atoms with Crippen LogP contribution in [0.4, 0.5) is 17.1 Å². The lowest BCUT2D eigenvalue weighted by molar-refractivity contribution is 1.27. The van der Waals surface area contributed by atoms with Crippen molar-refractivity contribution < 1.29 is 0 Å². The number of aryl methyl sites for hydroxylation is 2. The van der Waals surface area contributed by atoms with Crippen molar-refractivity contribution in [3.63, 3.8) is 0 Å². The highest BCUT2D eigenvalue weighted by Gasteiger charge is 2.18. The van der Waals surface area contributed by atoms with Gasteiger partial charge in [-0.25, -0.2) is 0 Å². The average Bonchev–Trinajstić information content (AvgIpc) is 3.20. The fourth-order valence-corrected chi connectivity index (χ4v) is 7.54. The molecule has 0 unspecified atom stereocenters. The summed E-state index contributed by atoms with van der Waals surface area (Å²) in [5.41, 5.74) is 13.1. The van der Waals surface area contributed by atoms with Crippen LogP contribution in [0.15, 0.2) is 188 Å². The average molecular weight is 652 g/mol. The van der Waals surface area contributed by atoms with E-state index >= 15 is 0 Å². The smallest absolute Gasteiger partial charge is 0.0468 e. The van der Waals surface area contributed by atoms with Gasteiger partial charge in [0.05, 0.1) is 0 Å². The van der Waals surface area contributed by atoms with E-state index in [1.165, 1.54) is 76.8 Å². The molecule has 0 heterocycles. The van der Waals surface area contributed by atoms with Gasteiger partial charge in [0.2, 0.25) is 0 Å². The van der Waals surface area contributed by atoms with Gasteiger partial charge in [-0.1, -0.05) is 157 Å². The van der Waals surface area contributed by atoms with E-state index in [4.69, 9.17) is 0 Å². The third kappa shape index (κ3) is 5.63. The van der Waals surface area contributed by atoms with Crippen molar-refractivity contribution in [2.75, 3.05) is 4.90 Å². The summed E-state index contributed by atoms with van der Waals surface area (Å²) < 4.78 is 0. The largest absolute Gasteiger partial charge is 0.310 e. The zero-order valence-corrected chi connectivity index (χ0v) is 28.8. The van der Waals surface area contributed by atoms with Gasteiger partial charge in [0.15, 0.2) is 0 Å².